The maximum atomic E-state index is 13.4. The summed E-state index contributed by atoms with van der Waals surface area (Å²) in [6, 6.07) is 3.29. The maximum absolute atomic E-state index is 13.4. The summed E-state index contributed by atoms with van der Waals surface area (Å²) in [4.78, 5) is 39.3. The minimum atomic E-state index is -1.52. The summed E-state index contributed by atoms with van der Waals surface area (Å²) in [6.45, 7) is 2.90. The first kappa shape index (κ1) is 25.3. The molecular weight excluding hydrogens is 484 g/mol. The van der Waals surface area contributed by atoms with E-state index in [2.05, 4.69) is 0 Å². The van der Waals surface area contributed by atoms with Crippen molar-refractivity contribution in [3.05, 3.63) is 51.6 Å². The van der Waals surface area contributed by atoms with Crippen LogP contribution in [0.2, 0.25) is 0 Å². The lowest BCUT2D eigenvalue weighted by molar-refractivity contribution is -0.243. The average Bonchev–Trinajstić information content (AvgIpc) is 2.82. The van der Waals surface area contributed by atoms with Crippen LogP contribution < -0.4 is 11.5 Å². The smallest absolute Gasteiger partial charge is 0.202 e. The van der Waals surface area contributed by atoms with Crippen LogP contribution in [0.25, 0.3) is 0 Å². The molecule has 1 aliphatic heterocycles. The van der Waals surface area contributed by atoms with Crippen LogP contribution in [0.3, 0.4) is 0 Å². The van der Waals surface area contributed by atoms with E-state index in [0.29, 0.717) is 0 Å². The van der Waals surface area contributed by atoms with Gasteiger partial charge in [0, 0.05) is 42.0 Å². The van der Waals surface area contributed by atoms with Crippen molar-refractivity contribution in [2.75, 3.05) is 0 Å². The van der Waals surface area contributed by atoms with E-state index in [0.717, 1.165) is 0 Å². The molecule has 0 unspecified atom stereocenters. The van der Waals surface area contributed by atoms with E-state index >= 15 is 0 Å². The van der Waals surface area contributed by atoms with Gasteiger partial charge in [-0.05, 0) is 19.9 Å². The number of benzene rings is 2. The Morgan fingerprint density at radius 1 is 1.11 bits per heavy atom. The number of nitrogens with two attached hydrogens (primary N) is 2. The van der Waals surface area contributed by atoms with Gasteiger partial charge in [-0.3, -0.25) is 14.4 Å². The van der Waals surface area contributed by atoms with Crippen molar-refractivity contribution in [3.8, 4) is 17.2 Å². The van der Waals surface area contributed by atoms with Gasteiger partial charge >= 0.3 is 0 Å². The van der Waals surface area contributed by atoms with E-state index < -0.39 is 81.9 Å². The Balaban J connectivity index is 1.68. The summed E-state index contributed by atoms with van der Waals surface area (Å²) >= 11 is 0. The third-order valence-corrected chi connectivity index (χ3v) is 7.69. The van der Waals surface area contributed by atoms with Crippen molar-refractivity contribution in [2.45, 2.75) is 69.3 Å². The lowest BCUT2D eigenvalue weighted by Gasteiger charge is -2.42. The molecular formula is C26H28N2O9. The number of hydrogen-bond acceptors (Lipinski definition) is 11. The predicted octanol–water partition coefficient (Wildman–Crippen LogP) is 0.692. The van der Waals surface area contributed by atoms with Gasteiger partial charge in [0.15, 0.2) is 12.1 Å². The van der Waals surface area contributed by atoms with Crippen LogP contribution in [-0.2, 0) is 20.7 Å². The molecule has 0 amide bonds. The summed E-state index contributed by atoms with van der Waals surface area (Å²) in [6.07, 6.45) is -3.95. The minimum Gasteiger partial charge on any atom is -0.507 e. The van der Waals surface area contributed by atoms with Gasteiger partial charge in [-0.25, -0.2) is 0 Å². The van der Waals surface area contributed by atoms with Gasteiger partial charge in [0.1, 0.15) is 23.0 Å². The quantitative estimate of drug-likeness (QED) is 0.269. The largest absolute Gasteiger partial charge is 0.507 e. The van der Waals surface area contributed by atoms with E-state index in [-0.39, 0.29) is 41.5 Å². The first-order valence-corrected chi connectivity index (χ1v) is 11.9. The van der Waals surface area contributed by atoms with Crippen LogP contribution in [0.1, 0.15) is 75.8 Å². The summed E-state index contributed by atoms with van der Waals surface area (Å²) in [5.74, 6) is -3.68. The second-order valence-electron chi connectivity index (χ2n) is 10.1. The van der Waals surface area contributed by atoms with Gasteiger partial charge in [-0.1, -0.05) is 12.1 Å². The summed E-state index contributed by atoms with van der Waals surface area (Å²) in [5, 5.41) is 43.1. The van der Waals surface area contributed by atoms with Gasteiger partial charge in [-0.2, -0.15) is 0 Å². The molecule has 11 heteroatoms. The number of fused-ring (bicyclic) bond motifs is 3. The molecule has 2 aliphatic carbocycles. The SMILES string of the molecule is CC(=O)[C@]1(N)Cc2c(O)c3c(c(O)c2[C@@H](O[C@H]2C[C@H](N)[C@H](O)[C@H](C)O2)C1)C(=O)c1c(O)cccc1C3=O. The highest BCUT2D eigenvalue weighted by Gasteiger charge is 2.48. The van der Waals surface area contributed by atoms with Crippen LogP contribution in [0.4, 0.5) is 0 Å². The first-order valence-electron chi connectivity index (χ1n) is 11.9. The summed E-state index contributed by atoms with van der Waals surface area (Å²) in [7, 11) is 0. The number of aliphatic hydroxyl groups excluding tert-OH is 1. The van der Waals surface area contributed by atoms with Gasteiger partial charge in [-0.15, -0.1) is 0 Å². The highest BCUT2D eigenvalue weighted by Crippen LogP contribution is 2.52. The third kappa shape index (κ3) is 3.73. The van der Waals surface area contributed by atoms with Crippen molar-refractivity contribution in [3.63, 3.8) is 0 Å². The van der Waals surface area contributed by atoms with Crippen LogP contribution in [0.5, 0.6) is 17.2 Å². The molecule has 3 aliphatic rings. The molecule has 11 nitrogen and oxygen atoms in total. The van der Waals surface area contributed by atoms with E-state index in [1.165, 1.54) is 25.1 Å². The number of ketones is 3. The number of rotatable bonds is 3. The van der Waals surface area contributed by atoms with Crippen LogP contribution in [0.15, 0.2) is 18.2 Å². The number of aliphatic hydroxyl groups is 1. The number of aromatic hydroxyl groups is 3. The zero-order valence-corrected chi connectivity index (χ0v) is 20.2. The van der Waals surface area contributed by atoms with E-state index in [1.807, 2.05) is 0 Å². The number of carbonyl (C=O) groups is 3. The highest BCUT2D eigenvalue weighted by molar-refractivity contribution is 6.31. The van der Waals surface area contributed by atoms with Crippen molar-refractivity contribution >= 4 is 17.3 Å². The van der Waals surface area contributed by atoms with Crippen LogP contribution in [-0.4, -0.2) is 67.9 Å². The number of phenolic OH excluding ortho intramolecular Hbond substituents is 3. The van der Waals surface area contributed by atoms with Crippen LogP contribution >= 0.6 is 0 Å². The molecule has 0 bridgehead atoms. The minimum absolute atomic E-state index is 0.00291. The Morgan fingerprint density at radius 3 is 2.43 bits per heavy atom. The van der Waals surface area contributed by atoms with Crippen LogP contribution in [0, 0.1) is 0 Å². The number of Topliss-reactive ketones (excluding diaryl/α,β-unsaturated/α-hetero) is 1. The second-order valence-corrected chi connectivity index (χ2v) is 10.1. The molecule has 2 aromatic rings. The molecule has 0 aromatic heterocycles. The van der Waals surface area contributed by atoms with Crippen molar-refractivity contribution < 1.29 is 44.3 Å². The predicted molar refractivity (Wildman–Crippen MR) is 127 cm³/mol. The number of ether oxygens (including phenoxy) is 2. The number of hydrogen-bond donors (Lipinski definition) is 6. The van der Waals surface area contributed by atoms with Crippen molar-refractivity contribution in [1.82, 2.24) is 0 Å². The molecule has 0 radical (unpaired) electrons. The Labute approximate surface area is 211 Å². The Morgan fingerprint density at radius 2 is 1.78 bits per heavy atom. The Kier molecular flexibility index (Phi) is 5.89. The second kappa shape index (κ2) is 8.61. The average molecular weight is 513 g/mol. The fraction of sp³-hybridized carbons (Fsp3) is 0.423. The van der Waals surface area contributed by atoms with Gasteiger partial charge in [0.2, 0.25) is 5.78 Å². The molecule has 1 fully saturated rings. The molecule has 0 spiro atoms. The summed E-state index contributed by atoms with van der Waals surface area (Å²) in [5.41, 5.74) is 9.61. The molecule has 5 rings (SSSR count). The molecule has 196 valence electrons. The van der Waals surface area contributed by atoms with E-state index in [9.17, 15) is 34.8 Å². The zero-order valence-electron chi connectivity index (χ0n) is 20.2. The molecule has 2 aromatic carbocycles. The Hall–Kier alpha value is -3.35. The molecule has 37 heavy (non-hydrogen) atoms. The number of phenols is 3. The lowest BCUT2D eigenvalue weighted by atomic mass is 9.71. The molecule has 0 saturated carbocycles. The maximum Gasteiger partial charge on any atom is 0.202 e. The summed E-state index contributed by atoms with van der Waals surface area (Å²) < 4.78 is 11.8. The van der Waals surface area contributed by atoms with Crippen molar-refractivity contribution in [2.24, 2.45) is 11.5 Å². The van der Waals surface area contributed by atoms with E-state index in [1.54, 1.807) is 6.92 Å². The normalized spacial score (nSPS) is 30.9. The molecule has 1 heterocycles. The molecule has 1 saturated heterocycles. The first-order chi connectivity index (χ1) is 17.4. The molecule has 6 atom stereocenters. The Bertz CT molecular complexity index is 1340. The monoisotopic (exact) mass is 512 g/mol. The third-order valence-electron chi connectivity index (χ3n) is 7.69. The van der Waals surface area contributed by atoms with Gasteiger partial charge < -0.3 is 41.4 Å². The van der Waals surface area contributed by atoms with Crippen molar-refractivity contribution in [1.29, 1.82) is 0 Å². The number of carbonyl (C=O) groups excluding carboxylic acids is 3. The van der Waals surface area contributed by atoms with Gasteiger partial charge in [0.25, 0.3) is 0 Å². The molecule has 8 N–H and O–H groups in total. The van der Waals surface area contributed by atoms with E-state index in [4.69, 9.17) is 20.9 Å². The fourth-order valence-electron chi connectivity index (χ4n) is 5.55. The van der Waals surface area contributed by atoms with Gasteiger partial charge in [0.05, 0.1) is 40.5 Å². The lowest BCUT2D eigenvalue weighted by Crippen LogP contribution is -2.54. The zero-order chi connectivity index (χ0) is 27.0. The standard InChI is InChI=1S/C26H28N2O9/c1-9-21(31)13(27)6-16(36-9)37-15-8-26(28,10(2)29)7-12-18(15)25(35)20-19(23(12)33)22(32)11-4-3-5-14(30)17(11)24(20)34/h3-5,9,13,15-16,21,30-31,33,35H,6-8,27-28H2,1-2H3/t9-,13-,15-,16-,21+,26-/m0/s1. The highest BCUT2D eigenvalue weighted by atomic mass is 16.7. The topological polar surface area (TPSA) is 203 Å². The fourth-order valence-corrected chi connectivity index (χ4v) is 5.55.